The van der Waals surface area contributed by atoms with Crippen molar-refractivity contribution < 1.29 is 4.79 Å². The third-order valence-electron chi connectivity index (χ3n) is 4.66. The molecule has 1 aromatic carbocycles. The lowest BCUT2D eigenvalue weighted by Crippen LogP contribution is -2.51. The Balaban J connectivity index is 0.00000132. The number of carbonyl (C=O) groups excluding carboxylic acids is 1. The van der Waals surface area contributed by atoms with Crippen molar-refractivity contribution in [2.24, 2.45) is 11.8 Å². The number of rotatable bonds is 4. The lowest BCUT2D eigenvalue weighted by atomic mass is 9.88. The van der Waals surface area contributed by atoms with Gasteiger partial charge in [-0.1, -0.05) is 19.1 Å². The molecular weight excluding hydrogens is 401 g/mol. The molecule has 130 valence electrons. The number of nitrogens with one attached hydrogen (secondary N) is 2. The summed E-state index contributed by atoms with van der Waals surface area (Å²) in [6, 6.07) is 8.53. The van der Waals surface area contributed by atoms with Gasteiger partial charge in [0.1, 0.15) is 0 Å². The van der Waals surface area contributed by atoms with Crippen molar-refractivity contribution in [1.29, 1.82) is 0 Å². The van der Waals surface area contributed by atoms with Crippen LogP contribution in [0.4, 0.5) is 5.69 Å². The summed E-state index contributed by atoms with van der Waals surface area (Å²) in [4.78, 5) is 14.6. The highest BCUT2D eigenvalue weighted by molar-refractivity contribution is 9.10. The van der Waals surface area contributed by atoms with E-state index in [4.69, 9.17) is 0 Å². The Bertz CT molecular complexity index is 528. The van der Waals surface area contributed by atoms with Crippen molar-refractivity contribution in [3.05, 3.63) is 28.7 Å². The summed E-state index contributed by atoms with van der Waals surface area (Å²) in [6.45, 7) is 5.88. The maximum Gasteiger partial charge on any atom is 0.223 e. The standard InChI is InChI=1S/C16H22BrN3O.2ClH/c1-11(12-8-18-9-12)16(21)19-13-6-7-20(10-13)15-5-3-2-4-14(15)17;;/h2-5,11-13,18H,6-10H2,1H3,(H,19,21);2*1H. The molecule has 0 bridgehead atoms. The number of anilines is 1. The first-order valence-corrected chi connectivity index (χ1v) is 8.45. The van der Waals surface area contributed by atoms with Crippen molar-refractivity contribution in [1.82, 2.24) is 10.6 Å². The van der Waals surface area contributed by atoms with Crippen molar-refractivity contribution in [3.63, 3.8) is 0 Å². The van der Waals surface area contributed by atoms with E-state index in [-0.39, 0.29) is 42.7 Å². The van der Waals surface area contributed by atoms with Crippen LogP contribution in [0.5, 0.6) is 0 Å². The molecule has 2 heterocycles. The number of para-hydroxylation sites is 1. The summed E-state index contributed by atoms with van der Waals surface area (Å²) in [5.74, 6) is 0.829. The van der Waals surface area contributed by atoms with Gasteiger partial charge in [-0.25, -0.2) is 0 Å². The lowest BCUT2D eigenvalue weighted by molar-refractivity contribution is -0.127. The van der Waals surface area contributed by atoms with E-state index in [1.807, 2.05) is 13.0 Å². The Kier molecular flexibility index (Phi) is 8.14. The van der Waals surface area contributed by atoms with Crippen LogP contribution in [0.3, 0.4) is 0 Å². The summed E-state index contributed by atoms with van der Waals surface area (Å²) in [7, 11) is 0. The molecular formula is C16H24BrCl2N3O. The molecule has 7 heteroatoms. The average molecular weight is 425 g/mol. The first kappa shape index (κ1) is 20.6. The average Bonchev–Trinajstić information content (AvgIpc) is 2.85. The minimum Gasteiger partial charge on any atom is -0.368 e. The summed E-state index contributed by atoms with van der Waals surface area (Å²) >= 11 is 3.60. The van der Waals surface area contributed by atoms with Crippen LogP contribution in [0.25, 0.3) is 0 Å². The van der Waals surface area contributed by atoms with E-state index in [2.05, 4.69) is 49.7 Å². The van der Waals surface area contributed by atoms with Crippen molar-refractivity contribution in [2.45, 2.75) is 19.4 Å². The Morgan fingerprint density at radius 2 is 2.04 bits per heavy atom. The molecule has 2 atom stereocenters. The van der Waals surface area contributed by atoms with Gasteiger partial charge < -0.3 is 15.5 Å². The van der Waals surface area contributed by atoms with Gasteiger partial charge in [0.25, 0.3) is 0 Å². The first-order valence-electron chi connectivity index (χ1n) is 7.65. The Morgan fingerprint density at radius 1 is 1.35 bits per heavy atom. The zero-order valence-electron chi connectivity index (χ0n) is 13.1. The van der Waals surface area contributed by atoms with Crippen LogP contribution in [0, 0.1) is 11.8 Å². The molecule has 0 saturated carbocycles. The minimum absolute atomic E-state index is 0. The number of nitrogens with zero attached hydrogens (tertiary/aromatic N) is 1. The molecule has 3 rings (SSSR count). The number of hydrogen-bond acceptors (Lipinski definition) is 3. The highest BCUT2D eigenvalue weighted by atomic mass is 79.9. The van der Waals surface area contributed by atoms with E-state index in [1.54, 1.807) is 0 Å². The van der Waals surface area contributed by atoms with Crippen LogP contribution in [0.1, 0.15) is 13.3 Å². The van der Waals surface area contributed by atoms with Gasteiger partial charge >= 0.3 is 0 Å². The van der Waals surface area contributed by atoms with Crippen LogP contribution in [0.2, 0.25) is 0 Å². The Labute approximate surface area is 158 Å². The molecule has 2 saturated heterocycles. The molecule has 2 unspecified atom stereocenters. The molecule has 0 radical (unpaired) electrons. The quantitative estimate of drug-likeness (QED) is 0.780. The number of amides is 1. The minimum atomic E-state index is 0. The van der Waals surface area contributed by atoms with E-state index >= 15 is 0 Å². The van der Waals surface area contributed by atoms with E-state index in [0.29, 0.717) is 5.92 Å². The lowest BCUT2D eigenvalue weighted by Gasteiger charge is -2.32. The van der Waals surface area contributed by atoms with E-state index in [1.165, 1.54) is 5.69 Å². The predicted molar refractivity (Wildman–Crippen MR) is 103 cm³/mol. The summed E-state index contributed by atoms with van der Waals surface area (Å²) in [5, 5.41) is 6.46. The highest BCUT2D eigenvalue weighted by Crippen LogP contribution is 2.28. The molecule has 4 nitrogen and oxygen atoms in total. The molecule has 23 heavy (non-hydrogen) atoms. The first-order chi connectivity index (χ1) is 10.1. The second kappa shape index (κ2) is 9.11. The summed E-state index contributed by atoms with van der Waals surface area (Å²) in [6.07, 6.45) is 1.02. The predicted octanol–water partition coefficient (Wildman–Crippen LogP) is 2.84. The fourth-order valence-corrected chi connectivity index (χ4v) is 3.55. The Morgan fingerprint density at radius 3 is 2.65 bits per heavy atom. The van der Waals surface area contributed by atoms with Crippen LogP contribution in [-0.4, -0.2) is 38.1 Å². The fourth-order valence-electron chi connectivity index (χ4n) is 3.02. The van der Waals surface area contributed by atoms with Gasteiger partial charge in [-0.05, 0) is 53.5 Å². The third kappa shape index (κ3) is 4.75. The smallest absolute Gasteiger partial charge is 0.223 e. The maximum absolute atomic E-state index is 12.3. The van der Waals surface area contributed by atoms with Crippen LogP contribution in [-0.2, 0) is 4.79 Å². The van der Waals surface area contributed by atoms with Crippen molar-refractivity contribution in [3.8, 4) is 0 Å². The molecule has 0 aromatic heterocycles. The number of carbonyl (C=O) groups is 1. The second-order valence-electron chi connectivity index (χ2n) is 6.10. The van der Waals surface area contributed by atoms with Gasteiger partial charge in [-0.15, -0.1) is 24.8 Å². The molecule has 2 fully saturated rings. The van der Waals surface area contributed by atoms with Crippen molar-refractivity contribution in [2.75, 3.05) is 31.1 Å². The van der Waals surface area contributed by atoms with E-state index < -0.39 is 0 Å². The zero-order chi connectivity index (χ0) is 14.8. The molecule has 2 aliphatic heterocycles. The van der Waals surface area contributed by atoms with Crippen LogP contribution >= 0.6 is 40.7 Å². The number of hydrogen-bond donors (Lipinski definition) is 2. The van der Waals surface area contributed by atoms with Gasteiger partial charge in [0.2, 0.25) is 5.91 Å². The summed E-state index contributed by atoms with van der Waals surface area (Å²) in [5.41, 5.74) is 1.21. The Hall–Kier alpha value is -0.490. The van der Waals surface area contributed by atoms with Crippen LogP contribution in [0.15, 0.2) is 28.7 Å². The molecule has 1 amide bonds. The number of halogens is 3. The third-order valence-corrected chi connectivity index (χ3v) is 5.33. The van der Waals surface area contributed by atoms with Crippen LogP contribution < -0.4 is 15.5 Å². The molecule has 2 N–H and O–H groups in total. The number of benzene rings is 1. The molecule has 0 aliphatic carbocycles. The van der Waals surface area contributed by atoms with Gasteiger partial charge in [0.05, 0.1) is 5.69 Å². The van der Waals surface area contributed by atoms with E-state index in [9.17, 15) is 4.79 Å². The van der Waals surface area contributed by atoms with Crippen molar-refractivity contribution >= 4 is 52.3 Å². The highest BCUT2D eigenvalue weighted by Gasteiger charge is 2.31. The molecule has 2 aliphatic rings. The zero-order valence-corrected chi connectivity index (χ0v) is 16.3. The maximum atomic E-state index is 12.3. The fraction of sp³-hybridized carbons (Fsp3) is 0.562. The van der Waals surface area contributed by atoms with Gasteiger partial charge in [0, 0.05) is 29.5 Å². The van der Waals surface area contributed by atoms with Gasteiger partial charge in [0.15, 0.2) is 0 Å². The van der Waals surface area contributed by atoms with E-state index in [0.717, 1.165) is 37.1 Å². The van der Waals surface area contributed by atoms with Gasteiger partial charge in [-0.2, -0.15) is 0 Å². The largest absolute Gasteiger partial charge is 0.368 e. The topological polar surface area (TPSA) is 44.4 Å². The second-order valence-corrected chi connectivity index (χ2v) is 6.95. The summed E-state index contributed by atoms with van der Waals surface area (Å²) < 4.78 is 1.12. The monoisotopic (exact) mass is 423 g/mol. The molecule has 0 spiro atoms. The van der Waals surface area contributed by atoms with Gasteiger partial charge in [-0.3, -0.25) is 4.79 Å². The SMILES string of the molecule is CC(C(=O)NC1CCN(c2ccccc2Br)C1)C1CNC1.Cl.Cl. The normalized spacial score (nSPS) is 21.7. The molecule has 1 aromatic rings.